The lowest BCUT2D eigenvalue weighted by atomic mass is 9.80. The first-order chi connectivity index (χ1) is 6.49. The van der Waals surface area contributed by atoms with Crippen LogP contribution in [0.15, 0.2) is 0 Å². The second-order valence-corrected chi connectivity index (χ2v) is 4.27. The van der Waals surface area contributed by atoms with Crippen LogP contribution in [0.3, 0.4) is 0 Å². The minimum Gasteiger partial charge on any atom is -0.308 e. The summed E-state index contributed by atoms with van der Waals surface area (Å²) in [6.07, 6.45) is 0.571. The molecule has 14 heavy (non-hydrogen) atoms. The number of hydrogen-bond acceptors (Lipinski definition) is 1. The van der Waals surface area contributed by atoms with Gasteiger partial charge < -0.3 is 5.32 Å². The van der Waals surface area contributed by atoms with E-state index >= 15 is 0 Å². The fourth-order valence-electron chi connectivity index (χ4n) is 2.10. The maximum Gasteiger partial charge on any atom is 0.401 e. The average Bonchev–Trinajstić information content (AvgIpc) is 2.06. The first-order valence-electron chi connectivity index (χ1n) is 5.26. The van der Waals surface area contributed by atoms with Crippen LogP contribution < -0.4 is 5.32 Å². The van der Waals surface area contributed by atoms with E-state index in [1.165, 1.54) is 19.3 Å². The van der Waals surface area contributed by atoms with Gasteiger partial charge in [-0.15, -0.1) is 0 Å². The van der Waals surface area contributed by atoms with E-state index in [-0.39, 0.29) is 0 Å². The average molecular weight is 209 g/mol. The Morgan fingerprint density at radius 3 is 2.43 bits per heavy atom. The van der Waals surface area contributed by atoms with Gasteiger partial charge in [0.15, 0.2) is 0 Å². The topological polar surface area (TPSA) is 12.0 Å². The molecule has 0 spiro atoms. The summed E-state index contributed by atoms with van der Waals surface area (Å²) >= 11 is 0. The molecule has 0 aromatic heterocycles. The smallest absolute Gasteiger partial charge is 0.308 e. The van der Waals surface area contributed by atoms with Gasteiger partial charge in [0.2, 0.25) is 0 Å². The van der Waals surface area contributed by atoms with Crippen LogP contribution >= 0.6 is 0 Å². The third-order valence-electron chi connectivity index (χ3n) is 3.02. The van der Waals surface area contributed by atoms with E-state index in [1.807, 2.05) is 0 Å². The Labute approximate surface area is 83.1 Å². The molecular formula is C10H18F3N. The molecule has 0 aliphatic heterocycles. The van der Waals surface area contributed by atoms with Crippen LogP contribution in [0.5, 0.6) is 0 Å². The van der Waals surface area contributed by atoms with Crippen molar-refractivity contribution in [3.63, 3.8) is 0 Å². The van der Waals surface area contributed by atoms with E-state index in [2.05, 4.69) is 12.2 Å². The van der Waals surface area contributed by atoms with Gasteiger partial charge >= 0.3 is 6.18 Å². The summed E-state index contributed by atoms with van der Waals surface area (Å²) in [5, 5.41) is 2.50. The molecule has 2 unspecified atom stereocenters. The van der Waals surface area contributed by atoms with Crippen LogP contribution in [0.1, 0.15) is 32.6 Å². The molecule has 0 aromatic rings. The number of rotatable bonds is 3. The van der Waals surface area contributed by atoms with Gasteiger partial charge in [0.05, 0.1) is 6.54 Å². The Balaban J connectivity index is 2.17. The summed E-state index contributed by atoms with van der Waals surface area (Å²) in [6, 6.07) is 0. The van der Waals surface area contributed by atoms with Gasteiger partial charge in [-0.3, -0.25) is 0 Å². The van der Waals surface area contributed by atoms with Gasteiger partial charge in [-0.25, -0.2) is 0 Å². The predicted molar refractivity (Wildman–Crippen MR) is 50.0 cm³/mol. The second kappa shape index (κ2) is 5.01. The fourth-order valence-corrected chi connectivity index (χ4v) is 2.10. The van der Waals surface area contributed by atoms with Crippen molar-refractivity contribution in [1.82, 2.24) is 5.32 Å². The Kier molecular flexibility index (Phi) is 4.23. The van der Waals surface area contributed by atoms with E-state index in [4.69, 9.17) is 0 Å². The number of nitrogens with one attached hydrogen (secondary N) is 1. The van der Waals surface area contributed by atoms with E-state index < -0.39 is 12.7 Å². The molecule has 1 aliphatic rings. The van der Waals surface area contributed by atoms with Crippen molar-refractivity contribution in [1.29, 1.82) is 0 Å². The van der Waals surface area contributed by atoms with Crippen LogP contribution in [0.4, 0.5) is 13.2 Å². The minimum absolute atomic E-state index is 0.436. The molecule has 0 saturated heterocycles. The molecule has 1 saturated carbocycles. The lowest BCUT2D eigenvalue weighted by Gasteiger charge is -2.29. The largest absolute Gasteiger partial charge is 0.401 e. The quantitative estimate of drug-likeness (QED) is 0.753. The lowest BCUT2D eigenvalue weighted by molar-refractivity contribution is -0.125. The monoisotopic (exact) mass is 209 g/mol. The minimum atomic E-state index is -4.07. The van der Waals surface area contributed by atoms with Crippen molar-refractivity contribution < 1.29 is 13.2 Å². The van der Waals surface area contributed by atoms with E-state index in [0.717, 1.165) is 6.42 Å². The molecule has 0 heterocycles. The second-order valence-electron chi connectivity index (χ2n) is 4.27. The standard InChI is InChI=1S/C10H18F3N/c1-8-4-2-3-5-9(8)6-14-7-10(11,12)13/h8-9,14H,2-7H2,1H3. The number of halogens is 3. The normalized spacial score (nSPS) is 29.1. The summed E-state index contributed by atoms with van der Waals surface area (Å²) in [4.78, 5) is 0. The number of alkyl halides is 3. The zero-order valence-corrected chi connectivity index (χ0v) is 8.53. The first kappa shape index (κ1) is 11.8. The van der Waals surface area contributed by atoms with Gasteiger partial charge in [-0.05, 0) is 24.8 Å². The van der Waals surface area contributed by atoms with Crippen molar-refractivity contribution in [3.05, 3.63) is 0 Å². The maximum absolute atomic E-state index is 11.8. The SMILES string of the molecule is CC1CCCCC1CNCC(F)(F)F. The fraction of sp³-hybridized carbons (Fsp3) is 1.00. The van der Waals surface area contributed by atoms with Crippen LogP contribution in [-0.2, 0) is 0 Å². The Hall–Kier alpha value is -0.250. The highest BCUT2D eigenvalue weighted by Gasteiger charge is 2.28. The molecule has 1 rings (SSSR count). The summed E-state index contributed by atoms with van der Waals surface area (Å²) in [5.41, 5.74) is 0. The van der Waals surface area contributed by atoms with Gasteiger partial charge in [0.1, 0.15) is 0 Å². The molecule has 1 nitrogen and oxygen atoms in total. The highest BCUT2D eigenvalue weighted by molar-refractivity contribution is 4.74. The van der Waals surface area contributed by atoms with Crippen LogP contribution in [-0.4, -0.2) is 19.3 Å². The molecule has 0 amide bonds. The summed E-state index contributed by atoms with van der Waals surface area (Å²) in [5.74, 6) is 1.01. The first-order valence-corrected chi connectivity index (χ1v) is 5.26. The molecule has 0 aromatic carbocycles. The highest BCUT2D eigenvalue weighted by Crippen LogP contribution is 2.28. The number of hydrogen-bond donors (Lipinski definition) is 1. The molecule has 84 valence electrons. The van der Waals surface area contributed by atoms with Gasteiger partial charge in [-0.1, -0.05) is 26.2 Å². The maximum atomic E-state index is 11.8. The Bertz CT molecular complexity index is 167. The molecule has 0 bridgehead atoms. The molecule has 4 heteroatoms. The van der Waals surface area contributed by atoms with Crippen molar-refractivity contribution in [3.8, 4) is 0 Å². The molecular weight excluding hydrogens is 191 g/mol. The van der Waals surface area contributed by atoms with E-state index in [0.29, 0.717) is 18.4 Å². The molecule has 0 radical (unpaired) electrons. The molecule has 1 N–H and O–H groups in total. The summed E-state index contributed by atoms with van der Waals surface area (Å²) in [6.45, 7) is 1.80. The Morgan fingerprint density at radius 2 is 1.86 bits per heavy atom. The van der Waals surface area contributed by atoms with Crippen LogP contribution in [0.2, 0.25) is 0 Å². The molecule has 1 fully saturated rings. The predicted octanol–water partition coefficient (Wildman–Crippen LogP) is 2.96. The highest BCUT2D eigenvalue weighted by atomic mass is 19.4. The van der Waals surface area contributed by atoms with Crippen molar-refractivity contribution in [2.24, 2.45) is 11.8 Å². The van der Waals surface area contributed by atoms with Gasteiger partial charge in [-0.2, -0.15) is 13.2 Å². The van der Waals surface area contributed by atoms with Crippen molar-refractivity contribution >= 4 is 0 Å². The van der Waals surface area contributed by atoms with E-state index in [9.17, 15) is 13.2 Å². The Morgan fingerprint density at radius 1 is 1.21 bits per heavy atom. The zero-order valence-electron chi connectivity index (χ0n) is 8.53. The van der Waals surface area contributed by atoms with Crippen molar-refractivity contribution in [2.45, 2.75) is 38.8 Å². The van der Waals surface area contributed by atoms with Crippen LogP contribution in [0.25, 0.3) is 0 Å². The zero-order chi connectivity index (χ0) is 10.6. The summed E-state index contributed by atoms with van der Waals surface area (Å²) in [7, 11) is 0. The van der Waals surface area contributed by atoms with Gasteiger partial charge in [0, 0.05) is 0 Å². The molecule has 1 aliphatic carbocycles. The van der Waals surface area contributed by atoms with Crippen LogP contribution in [0, 0.1) is 11.8 Å². The molecule has 2 atom stereocenters. The van der Waals surface area contributed by atoms with Gasteiger partial charge in [0.25, 0.3) is 0 Å². The third kappa shape index (κ3) is 4.31. The van der Waals surface area contributed by atoms with E-state index in [1.54, 1.807) is 0 Å². The summed E-state index contributed by atoms with van der Waals surface area (Å²) < 4.78 is 35.5. The van der Waals surface area contributed by atoms with Crippen molar-refractivity contribution in [2.75, 3.05) is 13.1 Å². The third-order valence-corrected chi connectivity index (χ3v) is 3.02. The lowest BCUT2D eigenvalue weighted by Crippen LogP contribution is -2.35.